The highest BCUT2D eigenvalue weighted by molar-refractivity contribution is 5.27. The van der Waals surface area contributed by atoms with Crippen LogP contribution in [-0.2, 0) is 6.42 Å². The summed E-state index contributed by atoms with van der Waals surface area (Å²) >= 11 is 0. The Hall–Kier alpha value is -1.02. The van der Waals surface area contributed by atoms with E-state index in [0.717, 1.165) is 12.2 Å². The Morgan fingerprint density at radius 2 is 1.82 bits per heavy atom. The zero-order chi connectivity index (χ0) is 12.3. The molecule has 17 heavy (non-hydrogen) atoms. The van der Waals surface area contributed by atoms with E-state index in [9.17, 15) is 0 Å². The molecule has 0 amide bonds. The van der Waals surface area contributed by atoms with Gasteiger partial charge in [0.2, 0.25) is 0 Å². The molecule has 0 saturated heterocycles. The summed E-state index contributed by atoms with van der Waals surface area (Å²) in [5, 5.41) is 0. The summed E-state index contributed by atoms with van der Waals surface area (Å²) in [6, 6.07) is 8.55. The van der Waals surface area contributed by atoms with Crippen LogP contribution >= 0.6 is 0 Å². The molecule has 1 aliphatic rings. The van der Waals surface area contributed by atoms with Crippen LogP contribution in [0, 0.1) is 5.41 Å². The third kappa shape index (κ3) is 2.81. The van der Waals surface area contributed by atoms with E-state index in [2.05, 4.69) is 19.1 Å². The van der Waals surface area contributed by atoms with Crippen LogP contribution in [0.2, 0.25) is 0 Å². The fourth-order valence-electron chi connectivity index (χ4n) is 2.82. The average molecular weight is 233 g/mol. The smallest absolute Gasteiger partial charge is 0.118 e. The van der Waals surface area contributed by atoms with Crippen molar-refractivity contribution in [2.45, 2.75) is 45.1 Å². The van der Waals surface area contributed by atoms with Gasteiger partial charge in [-0.25, -0.2) is 0 Å². The second-order valence-corrected chi connectivity index (χ2v) is 5.52. The van der Waals surface area contributed by atoms with Gasteiger partial charge in [-0.15, -0.1) is 0 Å². The van der Waals surface area contributed by atoms with Crippen molar-refractivity contribution in [3.8, 4) is 5.75 Å². The molecule has 0 spiro atoms. The van der Waals surface area contributed by atoms with Gasteiger partial charge in [0.05, 0.1) is 7.11 Å². The van der Waals surface area contributed by atoms with E-state index in [1.165, 1.54) is 31.2 Å². The van der Waals surface area contributed by atoms with Crippen LogP contribution in [0.4, 0.5) is 0 Å². The molecule has 1 aromatic carbocycles. The maximum atomic E-state index is 6.38. The van der Waals surface area contributed by atoms with Gasteiger partial charge in [0.15, 0.2) is 0 Å². The second kappa shape index (κ2) is 5.09. The molecule has 2 rings (SSSR count). The van der Waals surface area contributed by atoms with Gasteiger partial charge < -0.3 is 10.5 Å². The fourth-order valence-corrected chi connectivity index (χ4v) is 2.82. The highest BCUT2D eigenvalue weighted by Crippen LogP contribution is 2.40. The molecule has 1 atom stereocenters. The molecular formula is C15H23NO. The molecule has 2 heteroatoms. The number of methoxy groups -OCH3 is 1. The van der Waals surface area contributed by atoms with Gasteiger partial charge in [0.1, 0.15) is 5.75 Å². The molecule has 1 saturated carbocycles. The van der Waals surface area contributed by atoms with Crippen molar-refractivity contribution in [1.82, 2.24) is 0 Å². The Kier molecular flexibility index (Phi) is 3.72. The maximum Gasteiger partial charge on any atom is 0.118 e. The Balaban J connectivity index is 1.99. The van der Waals surface area contributed by atoms with Gasteiger partial charge in [-0.05, 0) is 42.4 Å². The van der Waals surface area contributed by atoms with Crippen LogP contribution in [0.1, 0.15) is 38.2 Å². The minimum atomic E-state index is 0.276. The molecule has 94 valence electrons. The molecule has 1 fully saturated rings. The number of ether oxygens (including phenoxy) is 1. The molecule has 0 heterocycles. The fraction of sp³-hybridized carbons (Fsp3) is 0.600. The lowest BCUT2D eigenvalue weighted by Crippen LogP contribution is -2.39. The number of benzene rings is 1. The van der Waals surface area contributed by atoms with Crippen molar-refractivity contribution in [3.05, 3.63) is 29.8 Å². The number of nitrogens with two attached hydrogens (primary N) is 1. The Morgan fingerprint density at radius 1 is 1.24 bits per heavy atom. The first-order valence-electron chi connectivity index (χ1n) is 6.52. The molecule has 1 aromatic rings. The molecule has 1 unspecified atom stereocenters. The van der Waals surface area contributed by atoms with Crippen molar-refractivity contribution in [3.63, 3.8) is 0 Å². The highest BCUT2D eigenvalue weighted by atomic mass is 16.5. The van der Waals surface area contributed by atoms with E-state index in [-0.39, 0.29) is 6.04 Å². The molecule has 0 aromatic heterocycles. The second-order valence-electron chi connectivity index (χ2n) is 5.52. The van der Waals surface area contributed by atoms with E-state index in [1.807, 2.05) is 12.1 Å². The summed E-state index contributed by atoms with van der Waals surface area (Å²) in [4.78, 5) is 0. The van der Waals surface area contributed by atoms with Gasteiger partial charge in [-0.3, -0.25) is 0 Å². The van der Waals surface area contributed by atoms with E-state index < -0.39 is 0 Å². The Bertz CT molecular complexity index is 352. The molecule has 0 bridgehead atoms. The lowest BCUT2D eigenvalue weighted by molar-refractivity contribution is 0.260. The Morgan fingerprint density at radius 3 is 2.35 bits per heavy atom. The minimum Gasteiger partial charge on any atom is -0.497 e. The monoisotopic (exact) mass is 233 g/mol. The van der Waals surface area contributed by atoms with E-state index >= 15 is 0 Å². The first-order valence-corrected chi connectivity index (χ1v) is 6.52. The van der Waals surface area contributed by atoms with E-state index in [1.54, 1.807) is 7.11 Å². The molecule has 2 N–H and O–H groups in total. The summed E-state index contributed by atoms with van der Waals surface area (Å²) in [6.45, 7) is 2.34. The normalized spacial score (nSPS) is 20.2. The minimum absolute atomic E-state index is 0.276. The number of hydrogen-bond donors (Lipinski definition) is 1. The number of hydrogen-bond acceptors (Lipinski definition) is 2. The first-order chi connectivity index (χ1) is 8.14. The van der Waals surface area contributed by atoms with Crippen LogP contribution < -0.4 is 10.5 Å². The molecular weight excluding hydrogens is 210 g/mol. The van der Waals surface area contributed by atoms with E-state index in [0.29, 0.717) is 5.41 Å². The van der Waals surface area contributed by atoms with Crippen molar-refractivity contribution in [2.75, 3.05) is 7.11 Å². The maximum absolute atomic E-state index is 6.38. The zero-order valence-electron chi connectivity index (χ0n) is 10.9. The zero-order valence-corrected chi connectivity index (χ0v) is 10.9. The molecule has 2 nitrogen and oxygen atoms in total. The highest BCUT2D eigenvalue weighted by Gasteiger charge is 2.34. The molecule has 0 radical (unpaired) electrons. The van der Waals surface area contributed by atoms with Crippen LogP contribution in [0.15, 0.2) is 24.3 Å². The summed E-state index contributed by atoms with van der Waals surface area (Å²) in [5.74, 6) is 0.911. The first kappa shape index (κ1) is 12.4. The topological polar surface area (TPSA) is 35.2 Å². The van der Waals surface area contributed by atoms with Gasteiger partial charge >= 0.3 is 0 Å². The lowest BCUT2D eigenvalue weighted by atomic mass is 9.78. The van der Waals surface area contributed by atoms with Crippen LogP contribution in [0.25, 0.3) is 0 Å². The van der Waals surface area contributed by atoms with Gasteiger partial charge in [-0.1, -0.05) is 31.9 Å². The average Bonchev–Trinajstić information content (AvgIpc) is 2.78. The molecule has 0 aliphatic heterocycles. The van der Waals surface area contributed by atoms with Crippen molar-refractivity contribution in [1.29, 1.82) is 0 Å². The SMILES string of the molecule is COc1ccc(CC(N)C2(C)CCCC2)cc1. The largest absolute Gasteiger partial charge is 0.497 e. The number of rotatable bonds is 4. The predicted octanol–water partition coefficient (Wildman–Crippen LogP) is 3.15. The molecule has 1 aliphatic carbocycles. The summed E-state index contributed by atoms with van der Waals surface area (Å²) in [7, 11) is 1.69. The van der Waals surface area contributed by atoms with Gasteiger partial charge in [0.25, 0.3) is 0 Å². The van der Waals surface area contributed by atoms with Crippen molar-refractivity contribution >= 4 is 0 Å². The van der Waals surface area contributed by atoms with Crippen LogP contribution in [-0.4, -0.2) is 13.2 Å². The van der Waals surface area contributed by atoms with Gasteiger partial charge in [0, 0.05) is 6.04 Å². The third-order valence-corrected chi connectivity index (χ3v) is 4.26. The summed E-state index contributed by atoms with van der Waals surface area (Å²) in [6.07, 6.45) is 6.22. The van der Waals surface area contributed by atoms with Crippen LogP contribution in [0.5, 0.6) is 5.75 Å². The Labute approximate surface area is 104 Å². The standard InChI is InChI=1S/C15H23NO/c1-15(9-3-4-10-15)14(16)11-12-5-7-13(17-2)8-6-12/h5-8,14H,3-4,9-11,16H2,1-2H3. The van der Waals surface area contributed by atoms with Crippen molar-refractivity contribution < 1.29 is 4.74 Å². The summed E-state index contributed by atoms with van der Waals surface area (Å²) < 4.78 is 5.16. The summed E-state index contributed by atoms with van der Waals surface area (Å²) in [5.41, 5.74) is 8.04. The lowest BCUT2D eigenvalue weighted by Gasteiger charge is -2.31. The third-order valence-electron chi connectivity index (χ3n) is 4.26. The van der Waals surface area contributed by atoms with Gasteiger partial charge in [-0.2, -0.15) is 0 Å². The van der Waals surface area contributed by atoms with Crippen LogP contribution in [0.3, 0.4) is 0 Å². The quantitative estimate of drug-likeness (QED) is 0.867. The van der Waals surface area contributed by atoms with Crippen molar-refractivity contribution in [2.24, 2.45) is 11.1 Å². The van der Waals surface area contributed by atoms with E-state index in [4.69, 9.17) is 10.5 Å². The predicted molar refractivity (Wildman–Crippen MR) is 71.2 cm³/mol.